The first-order valence-corrected chi connectivity index (χ1v) is 4.83. The lowest BCUT2D eigenvalue weighted by Gasteiger charge is -2.08. The molecule has 1 aliphatic rings. The molecule has 1 saturated heterocycles. The molecule has 2 heteroatoms. The third-order valence-electron chi connectivity index (χ3n) is 2.48. The van der Waals surface area contributed by atoms with E-state index in [2.05, 4.69) is 17.4 Å². The zero-order chi connectivity index (χ0) is 8.39. The van der Waals surface area contributed by atoms with Crippen molar-refractivity contribution in [2.75, 3.05) is 6.54 Å². The molecular weight excluding hydrogens is 170 g/mol. The number of rotatable bonds is 1. The maximum Gasteiger partial charge on any atom is 0.113 e. The standard InChI is InChI=1S/C10H12ClN/c11-9-5-2-1-4-8(9)10-6-3-7-12-10/h1-2,4-5,10,12H,3,6-7H2/p+1/t10-/m0/s1. The highest BCUT2D eigenvalue weighted by atomic mass is 35.5. The minimum Gasteiger partial charge on any atom is -0.340 e. The van der Waals surface area contributed by atoms with Crippen LogP contribution in [0.3, 0.4) is 0 Å². The SMILES string of the molecule is Clc1ccccc1[C@@H]1CCC[NH2+]1. The Bertz CT molecular complexity index is 266. The quantitative estimate of drug-likeness (QED) is 0.682. The molecule has 0 saturated carbocycles. The lowest BCUT2D eigenvalue weighted by molar-refractivity contribution is -0.676. The smallest absolute Gasteiger partial charge is 0.113 e. The van der Waals surface area contributed by atoms with Gasteiger partial charge in [0.05, 0.1) is 6.54 Å². The Morgan fingerprint density at radius 1 is 1.33 bits per heavy atom. The van der Waals surface area contributed by atoms with Crippen LogP contribution in [0.5, 0.6) is 0 Å². The largest absolute Gasteiger partial charge is 0.340 e. The topological polar surface area (TPSA) is 16.6 Å². The van der Waals surface area contributed by atoms with Gasteiger partial charge < -0.3 is 5.32 Å². The Morgan fingerprint density at radius 2 is 2.17 bits per heavy atom. The van der Waals surface area contributed by atoms with Crippen LogP contribution in [0, 0.1) is 0 Å². The molecule has 1 aromatic carbocycles. The maximum atomic E-state index is 6.08. The molecule has 0 radical (unpaired) electrons. The molecule has 0 spiro atoms. The third-order valence-corrected chi connectivity index (χ3v) is 2.82. The van der Waals surface area contributed by atoms with Gasteiger partial charge >= 0.3 is 0 Å². The van der Waals surface area contributed by atoms with Gasteiger partial charge in [-0.15, -0.1) is 0 Å². The number of hydrogen-bond acceptors (Lipinski definition) is 0. The first-order valence-electron chi connectivity index (χ1n) is 4.45. The number of benzene rings is 1. The summed E-state index contributed by atoms with van der Waals surface area (Å²) in [6.07, 6.45) is 2.58. The van der Waals surface area contributed by atoms with Gasteiger partial charge in [0.15, 0.2) is 0 Å². The number of halogens is 1. The van der Waals surface area contributed by atoms with Crippen molar-refractivity contribution in [2.24, 2.45) is 0 Å². The van der Waals surface area contributed by atoms with Crippen LogP contribution < -0.4 is 5.32 Å². The van der Waals surface area contributed by atoms with Crippen molar-refractivity contribution in [2.45, 2.75) is 18.9 Å². The van der Waals surface area contributed by atoms with Crippen LogP contribution in [-0.4, -0.2) is 6.54 Å². The molecular formula is C10H13ClN+. The zero-order valence-corrected chi connectivity index (χ0v) is 7.72. The fraction of sp³-hybridized carbons (Fsp3) is 0.400. The summed E-state index contributed by atoms with van der Waals surface area (Å²) >= 11 is 6.08. The summed E-state index contributed by atoms with van der Waals surface area (Å²) in [4.78, 5) is 0. The summed E-state index contributed by atoms with van der Waals surface area (Å²) in [5.74, 6) is 0. The fourth-order valence-electron chi connectivity index (χ4n) is 1.83. The van der Waals surface area contributed by atoms with E-state index in [0.29, 0.717) is 6.04 Å². The van der Waals surface area contributed by atoms with Crippen LogP contribution in [0.25, 0.3) is 0 Å². The molecule has 1 fully saturated rings. The second kappa shape index (κ2) is 3.46. The minimum absolute atomic E-state index is 0.610. The average Bonchev–Trinajstić information content (AvgIpc) is 2.57. The third kappa shape index (κ3) is 1.47. The van der Waals surface area contributed by atoms with E-state index < -0.39 is 0 Å². The molecule has 2 rings (SSSR count). The second-order valence-electron chi connectivity index (χ2n) is 3.29. The number of hydrogen-bond donors (Lipinski definition) is 1. The number of quaternary nitrogens is 1. The number of nitrogens with two attached hydrogens (primary N) is 1. The summed E-state index contributed by atoms with van der Waals surface area (Å²) in [5, 5.41) is 3.29. The first-order chi connectivity index (χ1) is 5.88. The Balaban J connectivity index is 2.26. The molecule has 1 heterocycles. The van der Waals surface area contributed by atoms with Crippen LogP contribution >= 0.6 is 11.6 Å². The summed E-state index contributed by atoms with van der Waals surface area (Å²) in [6, 6.07) is 8.77. The lowest BCUT2D eigenvalue weighted by Crippen LogP contribution is -2.81. The lowest BCUT2D eigenvalue weighted by atomic mass is 10.1. The van der Waals surface area contributed by atoms with Crippen LogP contribution in [-0.2, 0) is 0 Å². The van der Waals surface area contributed by atoms with E-state index in [1.54, 1.807) is 0 Å². The van der Waals surface area contributed by atoms with Crippen molar-refractivity contribution in [1.82, 2.24) is 0 Å². The van der Waals surface area contributed by atoms with Crippen LogP contribution in [0.15, 0.2) is 24.3 Å². The molecule has 64 valence electrons. The highest BCUT2D eigenvalue weighted by Crippen LogP contribution is 2.24. The van der Waals surface area contributed by atoms with E-state index in [0.717, 1.165) is 5.02 Å². The Kier molecular flexibility index (Phi) is 2.33. The second-order valence-corrected chi connectivity index (χ2v) is 3.70. The van der Waals surface area contributed by atoms with Gasteiger partial charge in [-0.2, -0.15) is 0 Å². The fourth-order valence-corrected chi connectivity index (χ4v) is 2.11. The van der Waals surface area contributed by atoms with Crippen molar-refractivity contribution in [3.8, 4) is 0 Å². The summed E-state index contributed by atoms with van der Waals surface area (Å²) < 4.78 is 0. The van der Waals surface area contributed by atoms with Gasteiger partial charge in [0.25, 0.3) is 0 Å². The highest BCUT2D eigenvalue weighted by molar-refractivity contribution is 6.31. The molecule has 1 aromatic rings. The predicted molar refractivity (Wildman–Crippen MR) is 50.2 cm³/mol. The zero-order valence-electron chi connectivity index (χ0n) is 6.96. The molecule has 0 aliphatic carbocycles. The normalized spacial score (nSPS) is 22.9. The van der Waals surface area contributed by atoms with Crippen molar-refractivity contribution in [1.29, 1.82) is 0 Å². The molecule has 1 nitrogen and oxygen atoms in total. The van der Waals surface area contributed by atoms with Crippen molar-refractivity contribution in [3.63, 3.8) is 0 Å². The predicted octanol–water partition coefficient (Wildman–Crippen LogP) is 1.74. The summed E-state index contributed by atoms with van der Waals surface area (Å²) in [6.45, 7) is 1.25. The van der Waals surface area contributed by atoms with Crippen molar-refractivity contribution >= 4 is 11.6 Å². The van der Waals surface area contributed by atoms with Crippen LogP contribution in [0.1, 0.15) is 24.4 Å². The van der Waals surface area contributed by atoms with Crippen LogP contribution in [0.2, 0.25) is 5.02 Å². The first kappa shape index (κ1) is 8.09. The minimum atomic E-state index is 0.610. The van der Waals surface area contributed by atoms with E-state index in [1.165, 1.54) is 24.9 Å². The molecule has 12 heavy (non-hydrogen) atoms. The molecule has 0 amide bonds. The summed E-state index contributed by atoms with van der Waals surface area (Å²) in [5.41, 5.74) is 1.30. The van der Waals surface area contributed by atoms with E-state index in [1.807, 2.05) is 12.1 Å². The van der Waals surface area contributed by atoms with E-state index in [-0.39, 0.29) is 0 Å². The van der Waals surface area contributed by atoms with E-state index in [4.69, 9.17) is 11.6 Å². The molecule has 2 N–H and O–H groups in total. The maximum absolute atomic E-state index is 6.08. The molecule has 1 aliphatic heterocycles. The van der Waals surface area contributed by atoms with Crippen molar-refractivity contribution in [3.05, 3.63) is 34.9 Å². The monoisotopic (exact) mass is 182 g/mol. The van der Waals surface area contributed by atoms with Gasteiger partial charge in [0.2, 0.25) is 0 Å². The highest BCUT2D eigenvalue weighted by Gasteiger charge is 2.21. The van der Waals surface area contributed by atoms with Gasteiger partial charge in [-0.1, -0.05) is 29.8 Å². The van der Waals surface area contributed by atoms with Gasteiger partial charge in [-0.05, 0) is 6.07 Å². The average molecular weight is 183 g/mol. The van der Waals surface area contributed by atoms with Gasteiger partial charge in [-0.3, -0.25) is 0 Å². The van der Waals surface area contributed by atoms with Crippen molar-refractivity contribution < 1.29 is 5.32 Å². The Hall–Kier alpha value is -0.530. The molecule has 1 atom stereocenters. The molecule has 0 aromatic heterocycles. The van der Waals surface area contributed by atoms with Crippen LogP contribution in [0.4, 0.5) is 0 Å². The Morgan fingerprint density at radius 3 is 2.83 bits per heavy atom. The van der Waals surface area contributed by atoms with Gasteiger partial charge in [0, 0.05) is 23.4 Å². The van der Waals surface area contributed by atoms with Gasteiger partial charge in [-0.25, -0.2) is 0 Å². The Labute approximate surface area is 77.7 Å². The summed E-state index contributed by atoms with van der Waals surface area (Å²) in [7, 11) is 0. The van der Waals surface area contributed by atoms with E-state index >= 15 is 0 Å². The van der Waals surface area contributed by atoms with Gasteiger partial charge in [0.1, 0.15) is 6.04 Å². The molecule has 0 unspecified atom stereocenters. The molecule has 0 bridgehead atoms. The van der Waals surface area contributed by atoms with E-state index in [9.17, 15) is 0 Å².